The summed E-state index contributed by atoms with van der Waals surface area (Å²) in [6, 6.07) is 8.38. The molecular formula is C18H24N4O. The summed E-state index contributed by atoms with van der Waals surface area (Å²) in [5, 5.41) is 7.55. The normalized spacial score (nSPS) is 15.6. The number of aryl methyl sites for hydroxylation is 2. The predicted octanol–water partition coefficient (Wildman–Crippen LogP) is 3.01. The molecule has 0 radical (unpaired) electrons. The lowest BCUT2D eigenvalue weighted by molar-refractivity contribution is -0.122. The van der Waals surface area contributed by atoms with E-state index in [1.807, 2.05) is 38.1 Å². The van der Waals surface area contributed by atoms with Crippen LogP contribution >= 0.6 is 0 Å². The zero-order valence-corrected chi connectivity index (χ0v) is 13.9. The largest absolute Gasteiger partial charge is 0.352 e. The van der Waals surface area contributed by atoms with Gasteiger partial charge in [0.05, 0.1) is 0 Å². The Bertz CT molecular complexity index is 686. The van der Waals surface area contributed by atoms with E-state index in [1.165, 1.54) is 19.3 Å². The maximum absolute atomic E-state index is 12.4. The molecule has 23 heavy (non-hydrogen) atoms. The van der Waals surface area contributed by atoms with Gasteiger partial charge in [-0.3, -0.25) is 4.79 Å². The molecule has 1 aromatic carbocycles. The first-order chi connectivity index (χ1) is 11.1. The van der Waals surface area contributed by atoms with Gasteiger partial charge in [-0.05, 0) is 32.3 Å². The molecule has 0 spiro atoms. The number of benzene rings is 1. The van der Waals surface area contributed by atoms with Crippen LogP contribution in [-0.4, -0.2) is 26.7 Å². The smallest absolute Gasteiger partial charge is 0.242 e. The van der Waals surface area contributed by atoms with E-state index in [9.17, 15) is 4.79 Å². The lowest BCUT2D eigenvalue weighted by Gasteiger charge is -2.22. The second kappa shape index (κ2) is 6.94. The first kappa shape index (κ1) is 15.7. The minimum absolute atomic E-state index is 0.0247. The second-order valence-electron chi connectivity index (χ2n) is 6.36. The minimum atomic E-state index is 0.0247. The fourth-order valence-electron chi connectivity index (χ4n) is 3.24. The number of nitrogens with one attached hydrogen (secondary N) is 1. The molecule has 0 bridgehead atoms. The van der Waals surface area contributed by atoms with Gasteiger partial charge in [0.2, 0.25) is 5.91 Å². The van der Waals surface area contributed by atoms with Gasteiger partial charge in [-0.2, -0.15) is 5.10 Å². The Kier molecular flexibility index (Phi) is 4.74. The average molecular weight is 312 g/mol. The molecule has 1 aliphatic rings. The Morgan fingerprint density at radius 2 is 1.96 bits per heavy atom. The van der Waals surface area contributed by atoms with Crippen molar-refractivity contribution in [2.24, 2.45) is 0 Å². The van der Waals surface area contributed by atoms with Gasteiger partial charge >= 0.3 is 0 Å². The van der Waals surface area contributed by atoms with Crippen LogP contribution in [0.4, 0.5) is 0 Å². The van der Waals surface area contributed by atoms with Crippen molar-refractivity contribution in [3.63, 3.8) is 0 Å². The fourth-order valence-corrected chi connectivity index (χ4v) is 3.24. The Morgan fingerprint density at radius 3 is 2.70 bits per heavy atom. The highest BCUT2D eigenvalue weighted by molar-refractivity contribution is 5.76. The standard InChI is InChI=1S/C18H24N4O/c1-13-8-6-7-11-16(13)18-19-14(2)21-22(18)12-17(23)20-15-9-4-3-5-10-15/h6-8,11,15H,3-5,9-10,12H2,1-2H3,(H,20,23). The van der Waals surface area contributed by atoms with E-state index in [0.29, 0.717) is 11.9 Å². The first-order valence-electron chi connectivity index (χ1n) is 8.40. The van der Waals surface area contributed by atoms with Crippen LogP contribution in [0.25, 0.3) is 11.4 Å². The topological polar surface area (TPSA) is 59.8 Å². The Balaban J connectivity index is 1.75. The summed E-state index contributed by atoms with van der Waals surface area (Å²) in [6.45, 7) is 4.13. The molecule has 0 aliphatic heterocycles. The fraction of sp³-hybridized carbons (Fsp3) is 0.500. The van der Waals surface area contributed by atoms with Crippen LogP contribution in [0.5, 0.6) is 0 Å². The molecule has 0 saturated heterocycles. The van der Waals surface area contributed by atoms with E-state index < -0.39 is 0 Å². The van der Waals surface area contributed by atoms with Gasteiger partial charge in [0.25, 0.3) is 0 Å². The number of hydrogen-bond donors (Lipinski definition) is 1. The zero-order chi connectivity index (χ0) is 16.2. The average Bonchev–Trinajstić information content (AvgIpc) is 2.89. The molecule has 122 valence electrons. The number of carbonyl (C=O) groups excluding carboxylic acids is 1. The van der Waals surface area contributed by atoms with E-state index in [1.54, 1.807) is 4.68 Å². The Labute approximate surface area is 137 Å². The van der Waals surface area contributed by atoms with Crippen molar-refractivity contribution in [2.45, 2.75) is 58.5 Å². The van der Waals surface area contributed by atoms with Gasteiger partial charge in [-0.1, -0.05) is 43.5 Å². The monoisotopic (exact) mass is 312 g/mol. The molecule has 1 amide bonds. The molecule has 1 aliphatic carbocycles. The first-order valence-corrected chi connectivity index (χ1v) is 8.40. The van der Waals surface area contributed by atoms with E-state index in [4.69, 9.17) is 0 Å². The minimum Gasteiger partial charge on any atom is -0.352 e. The molecule has 2 aromatic rings. The number of nitrogens with zero attached hydrogens (tertiary/aromatic N) is 3. The summed E-state index contributed by atoms with van der Waals surface area (Å²) in [4.78, 5) is 16.9. The van der Waals surface area contributed by atoms with Crippen molar-refractivity contribution in [2.75, 3.05) is 0 Å². The number of carbonyl (C=O) groups is 1. The predicted molar refractivity (Wildman–Crippen MR) is 89.9 cm³/mol. The SMILES string of the molecule is Cc1nc(-c2ccccc2C)n(CC(=O)NC2CCCCC2)n1. The molecule has 1 heterocycles. The highest BCUT2D eigenvalue weighted by Gasteiger charge is 2.18. The lowest BCUT2D eigenvalue weighted by Crippen LogP contribution is -2.38. The van der Waals surface area contributed by atoms with E-state index in [-0.39, 0.29) is 12.5 Å². The van der Waals surface area contributed by atoms with Gasteiger partial charge < -0.3 is 5.32 Å². The molecule has 1 fully saturated rings. The second-order valence-corrected chi connectivity index (χ2v) is 6.36. The van der Waals surface area contributed by atoms with Crippen LogP contribution in [0.15, 0.2) is 24.3 Å². The van der Waals surface area contributed by atoms with E-state index in [0.717, 1.165) is 29.8 Å². The third-order valence-corrected chi connectivity index (χ3v) is 4.43. The third-order valence-electron chi connectivity index (χ3n) is 4.43. The van der Waals surface area contributed by atoms with Gasteiger partial charge in [-0.25, -0.2) is 9.67 Å². The summed E-state index contributed by atoms with van der Waals surface area (Å²) in [5.74, 6) is 1.48. The van der Waals surface area contributed by atoms with Crippen LogP contribution in [0.2, 0.25) is 0 Å². The van der Waals surface area contributed by atoms with Crippen LogP contribution in [-0.2, 0) is 11.3 Å². The van der Waals surface area contributed by atoms with Crippen molar-refractivity contribution < 1.29 is 4.79 Å². The van der Waals surface area contributed by atoms with Gasteiger partial charge in [-0.15, -0.1) is 0 Å². The zero-order valence-electron chi connectivity index (χ0n) is 13.9. The van der Waals surface area contributed by atoms with Crippen LogP contribution in [0.3, 0.4) is 0 Å². The van der Waals surface area contributed by atoms with Gasteiger partial charge in [0.1, 0.15) is 12.4 Å². The van der Waals surface area contributed by atoms with Crippen molar-refractivity contribution >= 4 is 5.91 Å². The summed E-state index contributed by atoms with van der Waals surface area (Å²) in [6.07, 6.45) is 5.88. The number of rotatable bonds is 4. The molecule has 5 nitrogen and oxygen atoms in total. The maximum Gasteiger partial charge on any atom is 0.242 e. The maximum atomic E-state index is 12.4. The molecule has 1 aromatic heterocycles. The van der Waals surface area contributed by atoms with Gasteiger partial charge in [0, 0.05) is 11.6 Å². The van der Waals surface area contributed by atoms with Crippen molar-refractivity contribution in [3.05, 3.63) is 35.7 Å². The number of amides is 1. The van der Waals surface area contributed by atoms with E-state index >= 15 is 0 Å². The number of aromatic nitrogens is 3. The van der Waals surface area contributed by atoms with Crippen molar-refractivity contribution in [1.29, 1.82) is 0 Å². The molecule has 5 heteroatoms. The highest BCUT2D eigenvalue weighted by atomic mass is 16.2. The molecule has 1 saturated carbocycles. The van der Waals surface area contributed by atoms with Crippen LogP contribution in [0.1, 0.15) is 43.5 Å². The molecule has 0 unspecified atom stereocenters. The van der Waals surface area contributed by atoms with Crippen molar-refractivity contribution in [3.8, 4) is 11.4 Å². The Hall–Kier alpha value is -2.17. The Morgan fingerprint density at radius 1 is 1.22 bits per heavy atom. The third kappa shape index (κ3) is 3.78. The molecule has 1 N–H and O–H groups in total. The van der Waals surface area contributed by atoms with E-state index in [2.05, 4.69) is 15.4 Å². The lowest BCUT2D eigenvalue weighted by atomic mass is 9.95. The van der Waals surface area contributed by atoms with Crippen LogP contribution < -0.4 is 5.32 Å². The summed E-state index contributed by atoms with van der Waals surface area (Å²) < 4.78 is 1.72. The molecular weight excluding hydrogens is 288 g/mol. The summed E-state index contributed by atoms with van der Waals surface area (Å²) in [7, 11) is 0. The van der Waals surface area contributed by atoms with Crippen LogP contribution in [0, 0.1) is 13.8 Å². The summed E-state index contributed by atoms with van der Waals surface area (Å²) in [5.41, 5.74) is 2.16. The summed E-state index contributed by atoms with van der Waals surface area (Å²) >= 11 is 0. The number of hydrogen-bond acceptors (Lipinski definition) is 3. The van der Waals surface area contributed by atoms with Gasteiger partial charge in [0.15, 0.2) is 5.82 Å². The van der Waals surface area contributed by atoms with Crippen molar-refractivity contribution in [1.82, 2.24) is 20.1 Å². The molecule has 3 rings (SSSR count). The quantitative estimate of drug-likeness (QED) is 0.944. The highest BCUT2D eigenvalue weighted by Crippen LogP contribution is 2.21. The molecule has 0 atom stereocenters.